The average molecular weight is 524 g/mol. The summed E-state index contributed by atoms with van der Waals surface area (Å²) in [5, 5.41) is 5.40. The van der Waals surface area contributed by atoms with E-state index in [1.165, 1.54) is 6.08 Å². The third-order valence-electron chi connectivity index (χ3n) is 5.07. The highest BCUT2D eigenvalue weighted by Gasteiger charge is 2.50. The van der Waals surface area contributed by atoms with Crippen molar-refractivity contribution in [2.24, 2.45) is 0 Å². The fourth-order valence-corrected chi connectivity index (χ4v) is 8.91. The predicted octanol–water partition coefficient (Wildman–Crippen LogP) is 4.54. The van der Waals surface area contributed by atoms with E-state index in [1.807, 2.05) is 36.4 Å². The van der Waals surface area contributed by atoms with Crippen LogP contribution in [0.1, 0.15) is 41.5 Å². The molecule has 34 heavy (non-hydrogen) atoms. The van der Waals surface area contributed by atoms with Gasteiger partial charge in [0.15, 0.2) is 0 Å². The highest BCUT2D eigenvalue weighted by molar-refractivity contribution is 8.16. The molecule has 0 heterocycles. The van der Waals surface area contributed by atoms with Crippen molar-refractivity contribution in [1.82, 2.24) is 5.32 Å². The third-order valence-corrected chi connectivity index (χ3v) is 10.9. The standard InChI is InChI=1S/C25H34ClNO5SSi/c1-24(2,3)32-23(28)27-20(17-18-33(26,29)30)19-31-34(25(4,5)6,21-13-9-7-10-14-21)22-15-11-8-12-16-22/h7-18,20H,19H2,1-6H3,(H,27,28)/b18-17+/t20-/m0/s1. The first-order chi connectivity index (χ1) is 15.6. The lowest BCUT2D eigenvalue weighted by Gasteiger charge is -2.43. The summed E-state index contributed by atoms with van der Waals surface area (Å²) < 4.78 is 35.3. The molecule has 2 aromatic carbocycles. The van der Waals surface area contributed by atoms with Crippen molar-refractivity contribution in [3.05, 3.63) is 72.1 Å². The molecule has 0 aliphatic rings. The van der Waals surface area contributed by atoms with E-state index in [0.29, 0.717) is 0 Å². The minimum atomic E-state index is -3.92. The molecule has 2 rings (SSSR count). The third kappa shape index (κ3) is 7.97. The van der Waals surface area contributed by atoms with E-state index >= 15 is 0 Å². The molecule has 186 valence electrons. The molecule has 9 heteroatoms. The van der Waals surface area contributed by atoms with Gasteiger partial charge in [-0.25, -0.2) is 13.2 Å². The normalized spacial score (nSPS) is 14.1. The second kappa shape index (κ2) is 11.1. The van der Waals surface area contributed by atoms with Crippen LogP contribution >= 0.6 is 10.7 Å². The van der Waals surface area contributed by atoms with E-state index < -0.39 is 35.1 Å². The number of ether oxygens (including phenoxy) is 1. The summed E-state index contributed by atoms with van der Waals surface area (Å²) in [6.07, 6.45) is 0.629. The SMILES string of the molecule is CC(C)(C)OC(=O)N[C@@H](/C=C/S(=O)(=O)Cl)CO[Si](c1ccccc1)(c1ccccc1)C(C)(C)C. The molecule has 0 saturated carbocycles. The van der Waals surface area contributed by atoms with E-state index in [4.69, 9.17) is 19.8 Å². The molecule has 1 N–H and O–H groups in total. The maximum absolute atomic E-state index is 12.5. The largest absolute Gasteiger partial charge is 0.444 e. The van der Waals surface area contributed by atoms with Crippen LogP contribution in [0.2, 0.25) is 5.04 Å². The minimum absolute atomic E-state index is 0.0232. The first kappa shape index (κ1) is 28.1. The Bertz CT molecular complexity index is 1040. The van der Waals surface area contributed by atoms with Gasteiger partial charge < -0.3 is 14.5 Å². The van der Waals surface area contributed by atoms with Crippen LogP contribution in [0.15, 0.2) is 72.1 Å². The lowest BCUT2D eigenvalue weighted by Crippen LogP contribution is -2.67. The van der Waals surface area contributed by atoms with Crippen molar-refractivity contribution in [3.8, 4) is 0 Å². The summed E-state index contributed by atoms with van der Waals surface area (Å²) in [7, 11) is -1.43. The summed E-state index contributed by atoms with van der Waals surface area (Å²) in [5.74, 6) is 0. The second-order valence-corrected chi connectivity index (χ2v) is 16.9. The van der Waals surface area contributed by atoms with E-state index in [0.717, 1.165) is 15.8 Å². The first-order valence-corrected chi connectivity index (χ1v) is 15.3. The molecule has 1 atom stereocenters. The van der Waals surface area contributed by atoms with Crippen LogP contribution in [0.5, 0.6) is 0 Å². The summed E-state index contributed by atoms with van der Waals surface area (Å²) in [6, 6.07) is 19.3. The Balaban J connectivity index is 2.50. The molecule has 0 aliphatic carbocycles. The Labute approximate surface area is 208 Å². The van der Waals surface area contributed by atoms with Crippen LogP contribution in [0, 0.1) is 0 Å². The van der Waals surface area contributed by atoms with Gasteiger partial charge in [0.25, 0.3) is 17.4 Å². The van der Waals surface area contributed by atoms with Crippen molar-refractivity contribution in [2.45, 2.75) is 58.2 Å². The second-order valence-electron chi connectivity index (χ2n) is 10.0. The van der Waals surface area contributed by atoms with Crippen LogP contribution in [-0.4, -0.2) is 41.1 Å². The van der Waals surface area contributed by atoms with Gasteiger partial charge in [-0.1, -0.05) is 81.4 Å². The highest BCUT2D eigenvalue weighted by atomic mass is 35.7. The molecule has 0 saturated heterocycles. The van der Waals surface area contributed by atoms with E-state index in [1.54, 1.807) is 20.8 Å². The Morgan fingerprint density at radius 3 is 1.82 bits per heavy atom. The number of nitrogens with one attached hydrogen (secondary N) is 1. The van der Waals surface area contributed by atoms with Crippen molar-refractivity contribution in [1.29, 1.82) is 0 Å². The lowest BCUT2D eigenvalue weighted by molar-refractivity contribution is 0.0500. The molecule has 0 fully saturated rings. The van der Waals surface area contributed by atoms with E-state index in [-0.39, 0.29) is 11.6 Å². The van der Waals surface area contributed by atoms with Gasteiger partial charge >= 0.3 is 6.09 Å². The number of halogens is 1. The summed E-state index contributed by atoms with van der Waals surface area (Å²) in [5.41, 5.74) is -0.713. The number of alkyl carbamates (subject to hydrolysis) is 1. The van der Waals surface area contributed by atoms with Crippen molar-refractivity contribution in [2.75, 3.05) is 6.61 Å². The zero-order chi connectivity index (χ0) is 25.6. The number of rotatable bonds is 8. The Morgan fingerprint density at radius 2 is 1.44 bits per heavy atom. The van der Waals surface area contributed by atoms with Crippen LogP contribution in [0.3, 0.4) is 0 Å². The number of amides is 1. The summed E-state index contributed by atoms with van der Waals surface area (Å²) >= 11 is 0. The highest BCUT2D eigenvalue weighted by Crippen LogP contribution is 2.36. The Kier molecular flexibility index (Phi) is 9.15. The molecule has 0 aliphatic heterocycles. The van der Waals surface area contributed by atoms with Gasteiger partial charge in [-0.05, 0) is 42.3 Å². The molecule has 0 radical (unpaired) electrons. The van der Waals surface area contributed by atoms with E-state index in [2.05, 4.69) is 50.4 Å². The van der Waals surface area contributed by atoms with Crippen LogP contribution < -0.4 is 15.7 Å². The molecule has 0 spiro atoms. The van der Waals surface area contributed by atoms with Gasteiger partial charge in [0, 0.05) is 16.1 Å². The average Bonchev–Trinajstić information content (AvgIpc) is 2.71. The number of hydrogen-bond donors (Lipinski definition) is 1. The Morgan fingerprint density at radius 1 is 0.971 bits per heavy atom. The zero-order valence-electron chi connectivity index (χ0n) is 20.5. The summed E-state index contributed by atoms with van der Waals surface area (Å²) in [4.78, 5) is 12.5. The van der Waals surface area contributed by atoms with Gasteiger partial charge in [-0.2, -0.15) is 0 Å². The van der Waals surface area contributed by atoms with Gasteiger partial charge in [-0.15, -0.1) is 0 Å². The number of carbonyl (C=O) groups excluding carboxylic acids is 1. The molecule has 0 aromatic heterocycles. The zero-order valence-corrected chi connectivity index (χ0v) is 23.1. The number of carbonyl (C=O) groups is 1. The van der Waals surface area contributed by atoms with Crippen molar-refractivity contribution in [3.63, 3.8) is 0 Å². The first-order valence-electron chi connectivity index (χ1n) is 11.0. The molecular formula is C25H34ClNO5SSi. The lowest BCUT2D eigenvalue weighted by atomic mass is 10.2. The van der Waals surface area contributed by atoms with Gasteiger partial charge in [0.1, 0.15) is 5.60 Å². The monoisotopic (exact) mass is 523 g/mol. The maximum Gasteiger partial charge on any atom is 0.408 e. The van der Waals surface area contributed by atoms with Crippen LogP contribution in [-0.2, 0) is 18.2 Å². The van der Waals surface area contributed by atoms with Crippen molar-refractivity contribution < 1.29 is 22.4 Å². The predicted molar refractivity (Wildman–Crippen MR) is 141 cm³/mol. The molecule has 0 unspecified atom stereocenters. The molecule has 1 amide bonds. The molecule has 2 aromatic rings. The maximum atomic E-state index is 12.5. The van der Waals surface area contributed by atoms with Gasteiger partial charge in [0.05, 0.1) is 12.6 Å². The minimum Gasteiger partial charge on any atom is -0.444 e. The molecule has 6 nitrogen and oxygen atoms in total. The summed E-state index contributed by atoms with van der Waals surface area (Å²) in [6.45, 7) is 11.7. The van der Waals surface area contributed by atoms with Crippen LogP contribution in [0.4, 0.5) is 4.79 Å². The van der Waals surface area contributed by atoms with Crippen LogP contribution in [0.25, 0.3) is 0 Å². The molecule has 0 bridgehead atoms. The van der Waals surface area contributed by atoms with Crippen molar-refractivity contribution >= 4 is 44.5 Å². The topological polar surface area (TPSA) is 81.7 Å². The smallest absolute Gasteiger partial charge is 0.408 e. The number of hydrogen-bond acceptors (Lipinski definition) is 5. The fraction of sp³-hybridized carbons (Fsp3) is 0.400. The fourth-order valence-electron chi connectivity index (χ4n) is 3.77. The number of benzene rings is 2. The van der Waals surface area contributed by atoms with Gasteiger partial charge in [-0.3, -0.25) is 0 Å². The Hall–Kier alpha value is -2.13. The molecular weight excluding hydrogens is 490 g/mol. The quantitative estimate of drug-likeness (QED) is 0.406. The van der Waals surface area contributed by atoms with Gasteiger partial charge in [0.2, 0.25) is 0 Å². The van der Waals surface area contributed by atoms with E-state index in [9.17, 15) is 13.2 Å².